The Hall–Kier alpha value is -1.95. The molecule has 130 valence electrons. The molecule has 0 saturated carbocycles. The number of aromatic nitrogens is 1. The van der Waals surface area contributed by atoms with Crippen LogP contribution in [0.5, 0.6) is 0 Å². The van der Waals surface area contributed by atoms with E-state index < -0.39 is 0 Å². The number of hydrogen-bond acceptors (Lipinski definition) is 4. The fourth-order valence-corrected chi connectivity index (χ4v) is 3.76. The number of piperidine rings is 1. The molecule has 6 heteroatoms. The van der Waals surface area contributed by atoms with E-state index in [1.165, 1.54) is 0 Å². The zero-order chi connectivity index (χ0) is 17.0. The van der Waals surface area contributed by atoms with E-state index in [1.807, 2.05) is 21.9 Å². The van der Waals surface area contributed by atoms with Crippen LogP contribution in [0.2, 0.25) is 0 Å². The summed E-state index contributed by atoms with van der Waals surface area (Å²) in [5, 5.41) is 0. The standard InChI is InChI=1S/C18H25N3O3/c1-24-12-4-9-21-14-18(13-16(21)22)6-10-20(11-7-18)17(23)15-5-2-3-8-19-15/h2-3,5,8H,4,6-7,9-14H2,1H3. The number of amides is 2. The van der Waals surface area contributed by atoms with Gasteiger partial charge in [0.1, 0.15) is 5.69 Å². The van der Waals surface area contributed by atoms with Gasteiger partial charge in [-0.25, -0.2) is 0 Å². The zero-order valence-corrected chi connectivity index (χ0v) is 14.2. The Morgan fingerprint density at radius 2 is 2.12 bits per heavy atom. The highest BCUT2D eigenvalue weighted by molar-refractivity contribution is 5.92. The lowest BCUT2D eigenvalue weighted by Gasteiger charge is -2.38. The summed E-state index contributed by atoms with van der Waals surface area (Å²) in [6.45, 7) is 3.68. The minimum Gasteiger partial charge on any atom is -0.385 e. The van der Waals surface area contributed by atoms with Crippen LogP contribution in [-0.4, -0.2) is 66.5 Å². The first kappa shape index (κ1) is 16.9. The molecule has 0 radical (unpaired) electrons. The van der Waals surface area contributed by atoms with Crippen LogP contribution in [0.4, 0.5) is 0 Å². The van der Waals surface area contributed by atoms with E-state index >= 15 is 0 Å². The smallest absolute Gasteiger partial charge is 0.272 e. The first-order chi connectivity index (χ1) is 11.6. The third-order valence-electron chi connectivity index (χ3n) is 5.18. The van der Waals surface area contributed by atoms with Crippen LogP contribution in [-0.2, 0) is 9.53 Å². The molecule has 3 heterocycles. The molecular formula is C18H25N3O3. The highest BCUT2D eigenvalue weighted by atomic mass is 16.5. The number of likely N-dealkylation sites (tertiary alicyclic amines) is 2. The third-order valence-corrected chi connectivity index (χ3v) is 5.18. The topological polar surface area (TPSA) is 62.7 Å². The Labute approximate surface area is 142 Å². The average molecular weight is 331 g/mol. The summed E-state index contributed by atoms with van der Waals surface area (Å²) >= 11 is 0. The van der Waals surface area contributed by atoms with Gasteiger partial charge in [-0.05, 0) is 31.4 Å². The van der Waals surface area contributed by atoms with E-state index in [-0.39, 0.29) is 17.2 Å². The Balaban J connectivity index is 1.55. The second-order valence-corrected chi connectivity index (χ2v) is 6.85. The van der Waals surface area contributed by atoms with Crippen molar-refractivity contribution in [2.75, 3.05) is 39.9 Å². The van der Waals surface area contributed by atoms with E-state index in [1.54, 1.807) is 19.4 Å². The SMILES string of the molecule is COCCCN1CC2(CCN(C(=O)c3ccccn3)CC2)CC1=O. The fourth-order valence-electron chi connectivity index (χ4n) is 3.76. The summed E-state index contributed by atoms with van der Waals surface area (Å²) in [7, 11) is 1.68. The molecule has 0 atom stereocenters. The summed E-state index contributed by atoms with van der Waals surface area (Å²) in [5.41, 5.74) is 0.544. The van der Waals surface area contributed by atoms with Gasteiger partial charge in [0.25, 0.3) is 5.91 Å². The van der Waals surface area contributed by atoms with Gasteiger partial charge in [0.15, 0.2) is 0 Å². The van der Waals surface area contributed by atoms with Crippen molar-refractivity contribution in [2.45, 2.75) is 25.7 Å². The molecule has 1 aromatic rings. The van der Waals surface area contributed by atoms with Crippen LogP contribution in [0.15, 0.2) is 24.4 Å². The summed E-state index contributed by atoms with van der Waals surface area (Å²) in [5.74, 6) is 0.238. The highest BCUT2D eigenvalue weighted by Gasteiger charge is 2.45. The number of carbonyl (C=O) groups is 2. The van der Waals surface area contributed by atoms with Crippen LogP contribution in [0.1, 0.15) is 36.2 Å². The predicted molar refractivity (Wildman–Crippen MR) is 89.5 cm³/mol. The first-order valence-electron chi connectivity index (χ1n) is 8.61. The van der Waals surface area contributed by atoms with Crippen molar-refractivity contribution < 1.29 is 14.3 Å². The maximum atomic E-state index is 12.5. The largest absolute Gasteiger partial charge is 0.385 e. The molecule has 1 spiro atoms. The average Bonchev–Trinajstić information content (AvgIpc) is 2.91. The summed E-state index contributed by atoms with van der Waals surface area (Å²) < 4.78 is 5.07. The van der Waals surface area contributed by atoms with Gasteiger partial charge < -0.3 is 14.5 Å². The minimum absolute atomic E-state index is 0.00766. The van der Waals surface area contributed by atoms with E-state index in [9.17, 15) is 9.59 Å². The molecule has 0 N–H and O–H groups in total. The van der Waals surface area contributed by atoms with Crippen LogP contribution >= 0.6 is 0 Å². The Morgan fingerprint density at radius 3 is 2.79 bits per heavy atom. The number of pyridine rings is 1. The van der Waals surface area contributed by atoms with Crippen LogP contribution in [0.25, 0.3) is 0 Å². The van der Waals surface area contributed by atoms with E-state index in [0.29, 0.717) is 31.8 Å². The lowest BCUT2D eigenvalue weighted by atomic mass is 9.77. The molecule has 0 aromatic carbocycles. The van der Waals surface area contributed by atoms with Crippen molar-refractivity contribution in [2.24, 2.45) is 5.41 Å². The predicted octanol–water partition coefficient (Wildman–Crippen LogP) is 1.57. The Bertz CT molecular complexity index is 582. The second kappa shape index (κ2) is 7.30. The van der Waals surface area contributed by atoms with E-state index in [2.05, 4.69) is 4.98 Å². The van der Waals surface area contributed by atoms with Crippen molar-refractivity contribution in [1.82, 2.24) is 14.8 Å². The summed E-state index contributed by atoms with van der Waals surface area (Å²) in [4.78, 5) is 32.7. The number of methoxy groups -OCH3 is 1. The van der Waals surface area contributed by atoms with Crippen molar-refractivity contribution >= 4 is 11.8 Å². The number of carbonyl (C=O) groups excluding carboxylic acids is 2. The molecule has 6 nitrogen and oxygen atoms in total. The van der Waals surface area contributed by atoms with Crippen LogP contribution in [0, 0.1) is 5.41 Å². The van der Waals surface area contributed by atoms with Crippen LogP contribution in [0.3, 0.4) is 0 Å². The monoisotopic (exact) mass is 331 g/mol. The fraction of sp³-hybridized carbons (Fsp3) is 0.611. The molecule has 2 aliphatic heterocycles. The van der Waals surface area contributed by atoms with E-state index in [4.69, 9.17) is 4.74 Å². The van der Waals surface area contributed by atoms with Gasteiger partial charge in [0.05, 0.1) is 0 Å². The molecule has 2 amide bonds. The number of ether oxygens (including phenoxy) is 1. The van der Waals surface area contributed by atoms with Gasteiger partial charge in [-0.2, -0.15) is 0 Å². The molecular weight excluding hydrogens is 306 g/mol. The van der Waals surface area contributed by atoms with Crippen LogP contribution < -0.4 is 0 Å². The lowest BCUT2D eigenvalue weighted by Crippen LogP contribution is -2.44. The number of rotatable bonds is 5. The highest BCUT2D eigenvalue weighted by Crippen LogP contribution is 2.41. The maximum absolute atomic E-state index is 12.5. The first-order valence-corrected chi connectivity index (χ1v) is 8.61. The van der Waals surface area contributed by atoms with Crippen molar-refractivity contribution in [3.05, 3.63) is 30.1 Å². The van der Waals surface area contributed by atoms with Gasteiger partial charge in [-0.1, -0.05) is 6.07 Å². The van der Waals surface area contributed by atoms with Gasteiger partial charge >= 0.3 is 0 Å². The van der Waals surface area contributed by atoms with Gasteiger partial charge in [0, 0.05) is 57.9 Å². The summed E-state index contributed by atoms with van der Waals surface area (Å²) in [6, 6.07) is 5.40. The molecule has 24 heavy (non-hydrogen) atoms. The van der Waals surface area contributed by atoms with E-state index in [0.717, 1.165) is 32.4 Å². The molecule has 2 saturated heterocycles. The van der Waals surface area contributed by atoms with Crippen molar-refractivity contribution in [3.8, 4) is 0 Å². The Kier molecular flexibility index (Phi) is 5.14. The number of nitrogens with zero attached hydrogens (tertiary/aromatic N) is 3. The summed E-state index contributed by atoms with van der Waals surface area (Å²) in [6.07, 6.45) is 4.91. The number of hydrogen-bond donors (Lipinski definition) is 0. The molecule has 0 unspecified atom stereocenters. The molecule has 2 aliphatic rings. The van der Waals surface area contributed by atoms with Crippen molar-refractivity contribution in [3.63, 3.8) is 0 Å². The quantitative estimate of drug-likeness (QED) is 0.769. The van der Waals surface area contributed by atoms with Gasteiger partial charge in [-0.3, -0.25) is 14.6 Å². The molecule has 0 bridgehead atoms. The molecule has 2 fully saturated rings. The van der Waals surface area contributed by atoms with Gasteiger partial charge in [-0.15, -0.1) is 0 Å². The third kappa shape index (κ3) is 3.59. The normalized spacial score (nSPS) is 20.0. The second-order valence-electron chi connectivity index (χ2n) is 6.85. The minimum atomic E-state index is -0.00766. The Morgan fingerprint density at radius 1 is 1.33 bits per heavy atom. The molecule has 0 aliphatic carbocycles. The maximum Gasteiger partial charge on any atom is 0.272 e. The zero-order valence-electron chi connectivity index (χ0n) is 14.2. The van der Waals surface area contributed by atoms with Gasteiger partial charge in [0.2, 0.25) is 5.91 Å². The van der Waals surface area contributed by atoms with Crippen molar-refractivity contribution in [1.29, 1.82) is 0 Å². The molecule has 1 aromatic heterocycles. The lowest BCUT2D eigenvalue weighted by molar-refractivity contribution is -0.128. The molecule has 3 rings (SSSR count).